The van der Waals surface area contributed by atoms with E-state index < -0.39 is 97.2 Å². The number of nitrogens with two attached hydrogens (primary N) is 5. The normalized spacial score (nSPS) is 46.6. The Bertz CT molecular complexity index is 978. The van der Waals surface area contributed by atoms with Crippen LogP contribution >= 0.6 is 0 Å². The second kappa shape index (κ2) is 14.1. The molecule has 0 bridgehead atoms. The highest BCUT2D eigenvalue weighted by Gasteiger charge is 2.61. The molecule has 1 amide bonds. The van der Waals surface area contributed by atoms with Crippen molar-refractivity contribution < 1.29 is 49.6 Å². The second-order valence-corrected chi connectivity index (χ2v) is 12.0. The molecule has 43 heavy (non-hydrogen) atoms. The first-order valence-corrected chi connectivity index (χ1v) is 14.6. The summed E-state index contributed by atoms with van der Waals surface area (Å²) in [6.45, 7) is 0.160. The molecular formula is C25H48N8O10. The molecule has 18 heteroatoms. The van der Waals surface area contributed by atoms with Crippen LogP contribution < -0.4 is 39.3 Å². The van der Waals surface area contributed by atoms with Crippen molar-refractivity contribution in [3.8, 4) is 0 Å². The van der Waals surface area contributed by atoms with Crippen molar-refractivity contribution in [2.24, 2.45) is 39.6 Å². The Morgan fingerprint density at radius 3 is 2.40 bits per heavy atom. The van der Waals surface area contributed by atoms with Gasteiger partial charge in [-0.3, -0.25) is 4.79 Å². The van der Waals surface area contributed by atoms with Gasteiger partial charge >= 0.3 is 0 Å². The zero-order valence-electron chi connectivity index (χ0n) is 23.9. The van der Waals surface area contributed by atoms with Gasteiger partial charge in [0.2, 0.25) is 0 Å². The minimum absolute atomic E-state index is 0.0297. The maximum atomic E-state index is 13.2. The third kappa shape index (κ3) is 7.38. The molecule has 0 aromatic rings. The fourth-order valence-electron chi connectivity index (χ4n) is 6.34. The minimum Gasteiger partial charge on any atom is -0.395 e. The van der Waals surface area contributed by atoms with Crippen LogP contribution in [0.25, 0.3) is 0 Å². The first-order valence-electron chi connectivity index (χ1n) is 14.6. The highest BCUT2D eigenvalue weighted by atomic mass is 16.7. The molecule has 0 radical (unpaired) electrons. The van der Waals surface area contributed by atoms with Crippen LogP contribution in [0.2, 0.25) is 0 Å². The topological polar surface area (TPSA) is 333 Å². The van der Waals surface area contributed by atoms with E-state index >= 15 is 0 Å². The molecule has 2 saturated heterocycles. The number of aliphatic imine (C=N–C) groups is 1. The fraction of sp³-hybridized carbons (Fsp3) is 0.920. The van der Waals surface area contributed by atoms with Crippen LogP contribution in [-0.4, -0.2) is 154 Å². The Morgan fingerprint density at radius 1 is 1.02 bits per heavy atom. The summed E-state index contributed by atoms with van der Waals surface area (Å²) in [5.41, 5.74) is 27.9. The third-order valence-electron chi connectivity index (χ3n) is 8.92. The number of rotatable bonds is 11. The molecule has 4 fully saturated rings. The summed E-state index contributed by atoms with van der Waals surface area (Å²) in [6.07, 6.45) is -8.13. The lowest BCUT2D eigenvalue weighted by Crippen LogP contribution is -2.69. The minimum atomic E-state index is -1.89. The summed E-state index contributed by atoms with van der Waals surface area (Å²) in [4.78, 5) is 17.0. The standard InChI is InChI=1S/C25H48N8O10/c26-10-2-1-9(7-31-3-4-34)41-20(10)15-11(27)5-12(32-23(39)25(40)6-14(25)33-24(29)30)21(18(15)37)43-22-19(38)16(28)17(36)13(8-35)42-22/h9-22,31,34-38,40H,1-8,26-28H2,(H,32,39)(H4,29,30,33)/t9-,10+,11-,12+,13+,14?,15?,16-,17+,18-,19+,20-,21-,22+,25?/m0/s1. The van der Waals surface area contributed by atoms with Gasteiger partial charge in [-0.2, -0.15) is 0 Å². The molecule has 15 atom stereocenters. The zero-order chi connectivity index (χ0) is 31.6. The Morgan fingerprint density at radius 2 is 1.74 bits per heavy atom. The van der Waals surface area contributed by atoms with Crippen LogP contribution in [0.5, 0.6) is 0 Å². The number of hydrogen-bond acceptors (Lipinski definition) is 15. The van der Waals surface area contributed by atoms with Crippen LogP contribution in [0.15, 0.2) is 4.99 Å². The molecule has 0 aromatic carbocycles. The largest absolute Gasteiger partial charge is 0.395 e. The molecular weight excluding hydrogens is 572 g/mol. The number of hydrogen-bond donors (Lipinski definition) is 13. The molecule has 2 aliphatic carbocycles. The zero-order valence-corrected chi connectivity index (χ0v) is 23.9. The number of ether oxygens (including phenoxy) is 3. The average molecular weight is 621 g/mol. The monoisotopic (exact) mass is 620 g/mol. The van der Waals surface area contributed by atoms with E-state index in [0.717, 1.165) is 0 Å². The lowest BCUT2D eigenvalue weighted by atomic mass is 9.72. The number of aliphatic hydroxyl groups is 6. The van der Waals surface area contributed by atoms with Crippen LogP contribution in [0.1, 0.15) is 25.7 Å². The van der Waals surface area contributed by atoms with Gasteiger partial charge in [0.25, 0.3) is 5.91 Å². The van der Waals surface area contributed by atoms with Gasteiger partial charge in [0.05, 0.1) is 49.7 Å². The first kappa shape index (κ1) is 34.1. The van der Waals surface area contributed by atoms with E-state index in [1.165, 1.54) is 0 Å². The van der Waals surface area contributed by atoms with Gasteiger partial charge in [-0.05, 0) is 19.3 Å². The molecule has 248 valence electrons. The average Bonchev–Trinajstić information content (AvgIpc) is 3.61. The summed E-state index contributed by atoms with van der Waals surface area (Å²) >= 11 is 0. The number of nitrogens with zero attached hydrogens (tertiary/aromatic N) is 1. The van der Waals surface area contributed by atoms with E-state index in [9.17, 15) is 30.3 Å². The van der Waals surface area contributed by atoms with Crippen molar-refractivity contribution in [1.82, 2.24) is 10.6 Å². The van der Waals surface area contributed by atoms with Gasteiger partial charge in [-0.15, -0.1) is 0 Å². The Labute approximate surface area is 248 Å². The predicted molar refractivity (Wildman–Crippen MR) is 150 cm³/mol. The van der Waals surface area contributed by atoms with Crippen LogP contribution in [-0.2, 0) is 19.0 Å². The number of nitrogens with one attached hydrogen (secondary N) is 2. The lowest BCUT2D eigenvalue weighted by molar-refractivity contribution is -0.306. The second-order valence-electron chi connectivity index (χ2n) is 12.0. The molecule has 3 unspecified atom stereocenters. The molecule has 4 aliphatic rings. The lowest BCUT2D eigenvalue weighted by Gasteiger charge is -2.51. The summed E-state index contributed by atoms with van der Waals surface area (Å²) in [6, 6.07) is -4.36. The summed E-state index contributed by atoms with van der Waals surface area (Å²) < 4.78 is 18.0. The number of amides is 1. The van der Waals surface area contributed by atoms with Crippen molar-refractivity contribution in [2.75, 3.05) is 26.3 Å². The molecule has 0 aromatic heterocycles. The van der Waals surface area contributed by atoms with Gasteiger partial charge in [-0.25, -0.2) is 4.99 Å². The first-order chi connectivity index (χ1) is 20.3. The van der Waals surface area contributed by atoms with Gasteiger partial charge in [-0.1, -0.05) is 0 Å². The third-order valence-corrected chi connectivity index (χ3v) is 8.92. The van der Waals surface area contributed by atoms with Gasteiger partial charge in [0.15, 0.2) is 17.9 Å². The highest BCUT2D eigenvalue weighted by Crippen LogP contribution is 2.41. The van der Waals surface area contributed by atoms with Crippen molar-refractivity contribution in [1.29, 1.82) is 0 Å². The van der Waals surface area contributed by atoms with Gasteiger partial charge in [0.1, 0.15) is 24.4 Å². The van der Waals surface area contributed by atoms with Crippen molar-refractivity contribution >= 4 is 11.9 Å². The van der Waals surface area contributed by atoms with E-state index in [1.54, 1.807) is 0 Å². The highest BCUT2D eigenvalue weighted by molar-refractivity contribution is 5.90. The summed E-state index contributed by atoms with van der Waals surface area (Å²) in [5, 5.41) is 68.1. The van der Waals surface area contributed by atoms with Crippen molar-refractivity contribution in [3.05, 3.63) is 0 Å². The summed E-state index contributed by atoms with van der Waals surface area (Å²) in [7, 11) is 0. The molecule has 2 aliphatic heterocycles. The Kier molecular flexibility index (Phi) is 11.2. The van der Waals surface area contributed by atoms with Crippen molar-refractivity contribution in [2.45, 2.75) is 111 Å². The molecule has 18 nitrogen and oxygen atoms in total. The quantitative estimate of drug-likeness (QED) is 0.0579. The van der Waals surface area contributed by atoms with E-state index in [0.29, 0.717) is 25.9 Å². The molecule has 18 N–H and O–H groups in total. The summed E-state index contributed by atoms with van der Waals surface area (Å²) in [5.74, 6) is -1.90. The van der Waals surface area contributed by atoms with Crippen molar-refractivity contribution in [3.63, 3.8) is 0 Å². The number of aliphatic hydroxyl groups excluding tert-OH is 5. The predicted octanol–water partition coefficient (Wildman–Crippen LogP) is -7.44. The smallest absolute Gasteiger partial charge is 0.254 e. The van der Waals surface area contributed by atoms with Gasteiger partial charge < -0.3 is 84.2 Å². The number of carbonyl (C=O) groups excluding carboxylic acids is 1. The van der Waals surface area contributed by atoms with E-state index in [1.807, 2.05) is 0 Å². The van der Waals surface area contributed by atoms with E-state index in [-0.39, 0.29) is 31.5 Å². The maximum Gasteiger partial charge on any atom is 0.254 e. The van der Waals surface area contributed by atoms with E-state index in [2.05, 4.69) is 15.6 Å². The SMILES string of the molecule is NC(N)=NC1CC1(O)C(=O)N[C@@H]1C[C@H](N)C([C@H]2O[C@H](CNCCO)CC[C@H]2N)[C@H](O)[C@H]1O[C@H]1O[C@H](CO)[C@@H](O)[C@H](N)[C@H]1O. The molecule has 0 spiro atoms. The Balaban J connectivity index is 1.57. The maximum absolute atomic E-state index is 13.2. The fourth-order valence-corrected chi connectivity index (χ4v) is 6.34. The van der Waals surface area contributed by atoms with Crippen LogP contribution in [0.3, 0.4) is 0 Å². The van der Waals surface area contributed by atoms with Crippen LogP contribution in [0.4, 0.5) is 0 Å². The number of guanidine groups is 1. The number of carbonyl (C=O) groups is 1. The molecule has 4 rings (SSSR count). The van der Waals surface area contributed by atoms with Crippen LogP contribution in [0, 0.1) is 5.92 Å². The molecule has 2 saturated carbocycles. The van der Waals surface area contributed by atoms with E-state index in [4.69, 9.17) is 48.0 Å². The van der Waals surface area contributed by atoms with Gasteiger partial charge in [0, 0.05) is 37.5 Å². The molecule has 2 heterocycles. The Hall–Kier alpha value is -1.78.